The quantitative estimate of drug-likeness (QED) is 0.508. The van der Waals surface area contributed by atoms with E-state index in [0.29, 0.717) is 17.9 Å². The summed E-state index contributed by atoms with van der Waals surface area (Å²) in [5.74, 6) is 0.422. The fraction of sp³-hybridized carbons (Fsp3) is 0.176. The second-order valence-corrected chi connectivity index (χ2v) is 8.54. The number of para-hydroxylation sites is 2. The summed E-state index contributed by atoms with van der Waals surface area (Å²) < 4.78 is 30.4. The molecular formula is C17H15BrN4O2S. The zero-order chi connectivity index (χ0) is 17.6. The van der Waals surface area contributed by atoms with Crippen LogP contribution in [-0.2, 0) is 22.1 Å². The molecule has 25 heavy (non-hydrogen) atoms. The molecule has 0 N–H and O–H groups in total. The largest absolute Gasteiger partial charge is 0.309 e. The number of halogens is 1. The fourth-order valence-electron chi connectivity index (χ4n) is 3.01. The Morgan fingerprint density at radius 3 is 2.36 bits per heavy atom. The first kappa shape index (κ1) is 16.3. The number of hydrogen-bond donors (Lipinski definition) is 0. The molecular weight excluding hydrogens is 404 g/mol. The van der Waals surface area contributed by atoms with Crippen molar-refractivity contribution in [3.63, 3.8) is 0 Å². The maximum absolute atomic E-state index is 13.0. The van der Waals surface area contributed by atoms with E-state index < -0.39 is 9.84 Å². The minimum atomic E-state index is -3.64. The van der Waals surface area contributed by atoms with Gasteiger partial charge in [-0.15, -0.1) is 10.2 Å². The van der Waals surface area contributed by atoms with E-state index in [1.807, 2.05) is 47.9 Å². The number of nitrogens with zero attached hydrogens (tertiary/aromatic N) is 4. The molecule has 4 rings (SSSR count). The molecule has 8 heteroatoms. The number of aryl methyl sites for hydroxylation is 1. The first-order chi connectivity index (χ1) is 12.0. The van der Waals surface area contributed by atoms with Crippen molar-refractivity contribution < 1.29 is 8.42 Å². The lowest BCUT2D eigenvalue weighted by atomic mass is 10.2. The van der Waals surface area contributed by atoms with Gasteiger partial charge >= 0.3 is 0 Å². The molecule has 2 heterocycles. The number of benzene rings is 2. The Kier molecular flexibility index (Phi) is 3.88. The maximum Gasteiger partial charge on any atom is 0.256 e. The second kappa shape index (κ2) is 5.96. The van der Waals surface area contributed by atoms with E-state index in [4.69, 9.17) is 0 Å². The van der Waals surface area contributed by atoms with Gasteiger partial charge in [-0.3, -0.25) is 0 Å². The third-order valence-electron chi connectivity index (χ3n) is 4.14. The fourth-order valence-corrected chi connectivity index (χ4v) is 4.66. The summed E-state index contributed by atoms with van der Waals surface area (Å²) in [5.41, 5.74) is 2.44. The highest BCUT2D eigenvalue weighted by Crippen LogP contribution is 2.25. The summed E-state index contributed by atoms with van der Waals surface area (Å²) in [5, 5.41) is 8.11. The molecule has 0 amide bonds. The molecule has 0 radical (unpaired) electrons. The van der Waals surface area contributed by atoms with E-state index >= 15 is 0 Å². The Balaban J connectivity index is 1.90. The Hall–Kier alpha value is -2.19. The smallest absolute Gasteiger partial charge is 0.256 e. The molecule has 0 fully saturated rings. The highest BCUT2D eigenvalue weighted by Gasteiger charge is 2.26. The molecule has 0 spiro atoms. The zero-order valence-electron chi connectivity index (χ0n) is 13.4. The van der Waals surface area contributed by atoms with Gasteiger partial charge in [-0.25, -0.2) is 12.8 Å². The summed E-state index contributed by atoms with van der Waals surface area (Å²) in [6, 6.07) is 14.9. The van der Waals surface area contributed by atoms with Crippen molar-refractivity contribution in [3.05, 3.63) is 58.6 Å². The van der Waals surface area contributed by atoms with E-state index in [1.165, 1.54) is 0 Å². The first-order valence-electron chi connectivity index (χ1n) is 7.81. The van der Waals surface area contributed by atoms with Gasteiger partial charge in [0.1, 0.15) is 0 Å². The summed E-state index contributed by atoms with van der Waals surface area (Å²) in [6.07, 6.45) is 0. The van der Waals surface area contributed by atoms with Crippen LogP contribution < -0.4 is 0 Å². The molecule has 128 valence electrons. The standard InChI is InChI=1S/C17H15BrN4O2S/c1-2-21-14-5-3-4-6-15(14)22-16(21)19-20-17(22)25(23,24)11-12-7-9-13(18)10-8-12/h3-10H,2,11H2,1H3. The number of rotatable bonds is 4. The number of imidazole rings is 1. The van der Waals surface area contributed by atoms with Crippen molar-refractivity contribution in [2.45, 2.75) is 24.4 Å². The number of sulfone groups is 1. The van der Waals surface area contributed by atoms with Gasteiger partial charge in [0.2, 0.25) is 15.6 Å². The average molecular weight is 419 g/mol. The summed E-state index contributed by atoms with van der Waals surface area (Å²) in [7, 11) is -3.64. The van der Waals surface area contributed by atoms with Crippen molar-refractivity contribution in [1.29, 1.82) is 0 Å². The Bertz CT molecular complexity index is 1180. The molecule has 0 aliphatic heterocycles. The molecule has 0 saturated heterocycles. The molecule has 0 aliphatic carbocycles. The van der Waals surface area contributed by atoms with Crippen LogP contribution in [0.25, 0.3) is 16.8 Å². The van der Waals surface area contributed by atoms with E-state index in [9.17, 15) is 8.42 Å². The van der Waals surface area contributed by atoms with Crippen LogP contribution in [0.15, 0.2) is 58.2 Å². The predicted molar refractivity (Wildman–Crippen MR) is 99.2 cm³/mol. The number of fused-ring (bicyclic) bond motifs is 3. The maximum atomic E-state index is 13.0. The lowest BCUT2D eigenvalue weighted by Gasteiger charge is -2.03. The van der Waals surface area contributed by atoms with Crippen molar-refractivity contribution in [3.8, 4) is 0 Å². The van der Waals surface area contributed by atoms with Gasteiger partial charge in [-0.1, -0.05) is 40.2 Å². The van der Waals surface area contributed by atoms with Gasteiger partial charge in [-0.2, -0.15) is 0 Å². The van der Waals surface area contributed by atoms with Crippen LogP contribution in [0.1, 0.15) is 12.5 Å². The highest BCUT2D eigenvalue weighted by molar-refractivity contribution is 9.10. The van der Waals surface area contributed by atoms with Crippen LogP contribution in [0, 0.1) is 0 Å². The zero-order valence-corrected chi connectivity index (χ0v) is 15.8. The minimum Gasteiger partial charge on any atom is -0.309 e. The minimum absolute atomic E-state index is 0.0196. The van der Waals surface area contributed by atoms with Crippen LogP contribution in [-0.4, -0.2) is 27.6 Å². The predicted octanol–water partition coefficient (Wildman–Crippen LogP) is 3.44. The van der Waals surface area contributed by atoms with Gasteiger partial charge in [0.25, 0.3) is 5.16 Å². The Morgan fingerprint density at radius 2 is 1.68 bits per heavy atom. The molecule has 2 aromatic heterocycles. The molecule has 6 nitrogen and oxygen atoms in total. The van der Waals surface area contributed by atoms with Gasteiger partial charge in [-0.05, 0) is 36.8 Å². The number of hydrogen-bond acceptors (Lipinski definition) is 4. The molecule has 0 atom stereocenters. The van der Waals surface area contributed by atoms with Gasteiger partial charge in [0.05, 0.1) is 16.8 Å². The van der Waals surface area contributed by atoms with E-state index in [2.05, 4.69) is 26.1 Å². The molecule has 0 bridgehead atoms. The summed E-state index contributed by atoms with van der Waals surface area (Å²) in [6.45, 7) is 2.68. The monoisotopic (exact) mass is 418 g/mol. The lowest BCUT2D eigenvalue weighted by molar-refractivity contribution is 0.585. The van der Waals surface area contributed by atoms with Crippen LogP contribution in [0.3, 0.4) is 0 Å². The molecule has 4 aromatic rings. The van der Waals surface area contributed by atoms with Crippen molar-refractivity contribution in [2.24, 2.45) is 0 Å². The first-order valence-corrected chi connectivity index (χ1v) is 10.3. The number of aromatic nitrogens is 4. The van der Waals surface area contributed by atoms with E-state index in [0.717, 1.165) is 15.5 Å². The highest BCUT2D eigenvalue weighted by atomic mass is 79.9. The SMILES string of the molecule is CCn1c2ccccc2n2c(S(=O)(=O)Cc3ccc(Br)cc3)nnc12. The normalized spacial score (nSPS) is 12.2. The average Bonchev–Trinajstić information content (AvgIpc) is 3.15. The van der Waals surface area contributed by atoms with Crippen LogP contribution in [0.2, 0.25) is 0 Å². The van der Waals surface area contributed by atoms with Crippen molar-refractivity contribution in [2.75, 3.05) is 0 Å². The van der Waals surface area contributed by atoms with Gasteiger partial charge < -0.3 is 4.57 Å². The third-order valence-corrected chi connectivity index (χ3v) is 6.20. The van der Waals surface area contributed by atoms with E-state index in [-0.39, 0.29) is 10.9 Å². The summed E-state index contributed by atoms with van der Waals surface area (Å²) >= 11 is 3.36. The van der Waals surface area contributed by atoms with Crippen molar-refractivity contribution in [1.82, 2.24) is 19.2 Å². The second-order valence-electron chi connectivity index (χ2n) is 5.74. The van der Waals surface area contributed by atoms with Crippen LogP contribution in [0.5, 0.6) is 0 Å². The Labute approximate surface area is 153 Å². The summed E-state index contributed by atoms with van der Waals surface area (Å²) in [4.78, 5) is 0. The van der Waals surface area contributed by atoms with E-state index in [1.54, 1.807) is 16.5 Å². The van der Waals surface area contributed by atoms with Crippen LogP contribution in [0.4, 0.5) is 0 Å². The van der Waals surface area contributed by atoms with Gasteiger partial charge in [0.15, 0.2) is 0 Å². The molecule has 0 unspecified atom stereocenters. The third kappa shape index (κ3) is 2.65. The topological polar surface area (TPSA) is 69.3 Å². The van der Waals surface area contributed by atoms with Crippen molar-refractivity contribution >= 4 is 42.6 Å². The molecule has 0 aliphatic rings. The van der Waals surface area contributed by atoms with Crippen LogP contribution >= 0.6 is 15.9 Å². The molecule has 2 aromatic carbocycles. The molecule has 0 saturated carbocycles. The lowest BCUT2D eigenvalue weighted by Crippen LogP contribution is -2.09. The Morgan fingerprint density at radius 1 is 1.00 bits per heavy atom. The van der Waals surface area contributed by atoms with Gasteiger partial charge in [0, 0.05) is 11.0 Å².